The van der Waals surface area contributed by atoms with Crippen LogP contribution in [-0.4, -0.2) is 22.8 Å². The van der Waals surface area contributed by atoms with Crippen molar-refractivity contribution in [1.29, 1.82) is 0 Å². The van der Waals surface area contributed by atoms with Gasteiger partial charge in [-0.3, -0.25) is 4.79 Å². The molecule has 1 aromatic carbocycles. The van der Waals surface area contributed by atoms with Gasteiger partial charge in [0.1, 0.15) is 11.6 Å². The molecule has 0 fully saturated rings. The molecule has 2 rings (SSSR count). The smallest absolute Gasteiger partial charge is 0.229 e. The average molecular weight is 274 g/mol. The van der Waals surface area contributed by atoms with E-state index in [2.05, 4.69) is 20.6 Å². The minimum absolute atomic E-state index is 0.305. The first kappa shape index (κ1) is 13.9. The number of aldehydes is 1. The zero-order chi connectivity index (χ0) is 14.4. The third kappa shape index (κ3) is 3.50. The number of hydrogen-bond acceptors (Lipinski definition) is 5. The molecule has 0 aliphatic carbocycles. The molecule has 1 aromatic heterocycles. The van der Waals surface area contributed by atoms with Crippen molar-refractivity contribution in [3.8, 4) is 0 Å². The third-order valence-corrected chi connectivity index (χ3v) is 2.57. The highest BCUT2D eigenvalue weighted by molar-refractivity contribution is 5.82. The maximum atomic E-state index is 13.1. The molecule has 20 heavy (non-hydrogen) atoms. The normalized spacial score (nSPS) is 10.1. The van der Waals surface area contributed by atoms with Crippen molar-refractivity contribution in [3.05, 3.63) is 41.8 Å². The molecule has 0 radical (unpaired) electrons. The summed E-state index contributed by atoms with van der Waals surface area (Å²) in [5.41, 5.74) is 0.938. The van der Waals surface area contributed by atoms with Gasteiger partial charge < -0.3 is 10.6 Å². The Kier molecular flexibility index (Phi) is 4.60. The van der Waals surface area contributed by atoms with E-state index in [-0.39, 0.29) is 5.82 Å². The van der Waals surface area contributed by atoms with Crippen molar-refractivity contribution in [2.45, 2.75) is 13.3 Å². The molecule has 0 aliphatic heterocycles. The Morgan fingerprint density at radius 1 is 1.40 bits per heavy atom. The molecule has 0 amide bonds. The summed E-state index contributed by atoms with van der Waals surface area (Å²) in [6.45, 7) is 2.72. The van der Waals surface area contributed by atoms with Crippen molar-refractivity contribution >= 4 is 23.7 Å². The van der Waals surface area contributed by atoms with Gasteiger partial charge in [-0.1, -0.05) is 13.0 Å². The highest BCUT2D eigenvalue weighted by Gasteiger charge is 2.06. The van der Waals surface area contributed by atoms with Crippen LogP contribution in [0.4, 0.5) is 21.8 Å². The zero-order valence-corrected chi connectivity index (χ0v) is 11.1. The number of nitrogens with one attached hydrogen (secondary N) is 2. The Balaban J connectivity index is 2.21. The molecule has 0 aliphatic rings. The molecule has 6 heteroatoms. The van der Waals surface area contributed by atoms with Crippen molar-refractivity contribution in [2.75, 3.05) is 17.2 Å². The Hall–Kier alpha value is -2.50. The van der Waals surface area contributed by atoms with Crippen LogP contribution < -0.4 is 10.6 Å². The van der Waals surface area contributed by atoms with Gasteiger partial charge in [-0.05, 0) is 24.6 Å². The Bertz CT molecular complexity index is 603. The maximum Gasteiger partial charge on any atom is 0.229 e. The topological polar surface area (TPSA) is 66.9 Å². The summed E-state index contributed by atoms with van der Waals surface area (Å²) < 4.78 is 13.1. The van der Waals surface area contributed by atoms with Crippen LogP contribution in [0.15, 0.2) is 30.5 Å². The molecular formula is C14H15FN4O. The summed E-state index contributed by atoms with van der Waals surface area (Å²) in [6.07, 6.45) is 3.04. The molecule has 2 N–H and O–H groups in total. The fourth-order valence-corrected chi connectivity index (χ4v) is 1.62. The number of rotatable bonds is 6. The van der Waals surface area contributed by atoms with Crippen LogP contribution in [0, 0.1) is 5.82 Å². The van der Waals surface area contributed by atoms with E-state index in [1.807, 2.05) is 6.92 Å². The number of benzene rings is 1. The molecule has 0 unspecified atom stereocenters. The first-order chi connectivity index (χ1) is 9.72. The number of nitrogens with zero attached hydrogens (tertiary/aromatic N) is 2. The predicted molar refractivity (Wildman–Crippen MR) is 75.9 cm³/mol. The SMILES string of the molecule is CCCNc1nc(Nc2cccc(F)c2)ncc1C=O. The van der Waals surface area contributed by atoms with Crippen molar-refractivity contribution in [3.63, 3.8) is 0 Å². The summed E-state index contributed by atoms with van der Waals surface area (Å²) in [5, 5.41) is 5.95. The molecule has 2 aromatic rings. The van der Waals surface area contributed by atoms with Crippen LogP contribution in [-0.2, 0) is 0 Å². The van der Waals surface area contributed by atoms with Gasteiger partial charge >= 0.3 is 0 Å². The number of aromatic nitrogens is 2. The van der Waals surface area contributed by atoms with Gasteiger partial charge in [-0.2, -0.15) is 4.98 Å². The summed E-state index contributed by atoms with van der Waals surface area (Å²) >= 11 is 0. The Morgan fingerprint density at radius 3 is 2.95 bits per heavy atom. The van der Waals surface area contributed by atoms with Gasteiger partial charge in [0.2, 0.25) is 5.95 Å². The Labute approximate surface area is 116 Å². The van der Waals surface area contributed by atoms with E-state index < -0.39 is 0 Å². The number of carbonyl (C=O) groups is 1. The summed E-state index contributed by atoms with van der Waals surface area (Å²) in [5.74, 6) is 0.430. The van der Waals surface area contributed by atoms with E-state index in [0.29, 0.717) is 35.8 Å². The van der Waals surface area contributed by atoms with E-state index in [1.165, 1.54) is 18.3 Å². The zero-order valence-electron chi connectivity index (χ0n) is 11.1. The highest BCUT2D eigenvalue weighted by atomic mass is 19.1. The van der Waals surface area contributed by atoms with Gasteiger partial charge in [0.05, 0.1) is 5.56 Å². The average Bonchev–Trinajstić information content (AvgIpc) is 2.45. The van der Waals surface area contributed by atoms with Crippen LogP contribution in [0.5, 0.6) is 0 Å². The first-order valence-corrected chi connectivity index (χ1v) is 6.31. The van der Waals surface area contributed by atoms with Gasteiger partial charge in [-0.25, -0.2) is 9.37 Å². The molecular weight excluding hydrogens is 259 g/mol. The fourth-order valence-electron chi connectivity index (χ4n) is 1.62. The summed E-state index contributed by atoms with van der Waals surface area (Å²) in [7, 11) is 0. The molecule has 0 spiro atoms. The minimum atomic E-state index is -0.344. The highest BCUT2D eigenvalue weighted by Crippen LogP contribution is 2.17. The van der Waals surface area contributed by atoms with Crippen LogP contribution in [0.25, 0.3) is 0 Å². The summed E-state index contributed by atoms with van der Waals surface area (Å²) in [6, 6.07) is 6.00. The second kappa shape index (κ2) is 6.60. The van der Waals surface area contributed by atoms with E-state index in [4.69, 9.17) is 0 Å². The lowest BCUT2D eigenvalue weighted by atomic mass is 10.3. The van der Waals surface area contributed by atoms with E-state index >= 15 is 0 Å². The van der Waals surface area contributed by atoms with Crippen molar-refractivity contribution in [2.24, 2.45) is 0 Å². The van der Waals surface area contributed by atoms with E-state index in [9.17, 15) is 9.18 Å². The first-order valence-electron chi connectivity index (χ1n) is 6.31. The molecule has 1 heterocycles. The van der Waals surface area contributed by atoms with Crippen molar-refractivity contribution < 1.29 is 9.18 Å². The van der Waals surface area contributed by atoms with Crippen LogP contribution in [0.2, 0.25) is 0 Å². The number of halogens is 1. The molecule has 0 saturated heterocycles. The fraction of sp³-hybridized carbons (Fsp3) is 0.214. The minimum Gasteiger partial charge on any atom is -0.369 e. The van der Waals surface area contributed by atoms with Crippen molar-refractivity contribution in [1.82, 2.24) is 9.97 Å². The molecule has 5 nitrogen and oxygen atoms in total. The van der Waals surface area contributed by atoms with Gasteiger partial charge in [0, 0.05) is 18.4 Å². The second-order valence-electron chi connectivity index (χ2n) is 4.18. The second-order valence-corrected chi connectivity index (χ2v) is 4.18. The van der Waals surface area contributed by atoms with Gasteiger partial charge in [0.25, 0.3) is 0 Å². The van der Waals surface area contributed by atoms with Crippen LogP contribution in [0.1, 0.15) is 23.7 Å². The lowest BCUT2D eigenvalue weighted by Gasteiger charge is -2.09. The van der Waals surface area contributed by atoms with Gasteiger partial charge in [0.15, 0.2) is 6.29 Å². The lowest BCUT2D eigenvalue weighted by Crippen LogP contribution is -2.08. The number of carbonyl (C=O) groups excluding carboxylic acids is 1. The monoisotopic (exact) mass is 274 g/mol. The predicted octanol–water partition coefficient (Wildman–Crippen LogP) is 2.99. The third-order valence-electron chi connectivity index (χ3n) is 2.57. The maximum absolute atomic E-state index is 13.1. The largest absolute Gasteiger partial charge is 0.369 e. The molecule has 104 valence electrons. The number of anilines is 3. The Morgan fingerprint density at radius 2 is 2.25 bits per heavy atom. The van der Waals surface area contributed by atoms with E-state index in [0.717, 1.165) is 6.42 Å². The van der Waals surface area contributed by atoms with Crippen LogP contribution in [0.3, 0.4) is 0 Å². The number of hydrogen-bond donors (Lipinski definition) is 2. The van der Waals surface area contributed by atoms with Gasteiger partial charge in [-0.15, -0.1) is 0 Å². The molecule has 0 atom stereocenters. The lowest BCUT2D eigenvalue weighted by molar-refractivity contribution is 0.112. The summed E-state index contributed by atoms with van der Waals surface area (Å²) in [4.78, 5) is 19.2. The quantitative estimate of drug-likeness (QED) is 0.793. The molecule has 0 bridgehead atoms. The standard InChI is InChI=1S/C14H15FN4O/c1-2-6-16-13-10(9-20)8-17-14(19-13)18-12-5-3-4-11(15)7-12/h3-5,7-9H,2,6H2,1H3,(H2,16,17,18,19). The van der Waals surface area contributed by atoms with E-state index in [1.54, 1.807) is 12.1 Å². The van der Waals surface area contributed by atoms with Crippen LogP contribution >= 0.6 is 0 Å². The molecule has 0 saturated carbocycles.